The summed E-state index contributed by atoms with van der Waals surface area (Å²) in [6.45, 7) is 1.40. The minimum Gasteiger partial charge on any atom is -0.201 e. The van der Waals surface area contributed by atoms with E-state index >= 15 is 0 Å². The first-order chi connectivity index (χ1) is 7.17. The van der Waals surface area contributed by atoms with Crippen LogP contribution in [-0.2, 0) is 10.2 Å². The van der Waals surface area contributed by atoms with Crippen LogP contribution < -0.4 is 4.72 Å². The number of rotatable bonds is 4. The zero-order valence-electron chi connectivity index (χ0n) is 8.78. The van der Waals surface area contributed by atoms with Crippen molar-refractivity contribution in [3.63, 3.8) is 0 Å². The molecule has 15 heavy (non-hydrogen) atoms. The molecule has 0 radical (unpaired) electrons. The van der Waals surface area contributed by atoms with Gasteiger partial charge < -0.3 is 0 Å². The minimum atomic E-state index is -3.35. The molecule has 1 saturated heterocycles. The molecule has 0 aromatic carbocycles. The van der Waals surface area contributed by atoms with Crippen LogP contribution in [0.5, 0.6) is 0 Å². The summed E-state index contributed by atoms with van der Waals surface area (Å²) in [5.74, 6) is 0. The van der Waals surface area contributed by atoms with Crippen LogP contribution in [0.1, 0.15) is 32.1 Å². The smallest absolute Gasteiger partial charge is 0.201 e. The van der Waals surface area contributed by atoms with Crippen LogP contribution in [0.15, 0.2) is 0 Å². The first-order valence-corrected chi connectivity index (χ1v) is 6.72. The van der Waals surface area contributed by atoms with Crippen LogP contribution in [0.2, 0.25) is 0 Å². The second-order valence-electron chi connectivity index (χ2n) is 3.62. The van der Waals surface area contributed by atoms with Crippen molar-refractivity contribution >= 4 is 10.2 Å². The Morgan fingerprint density at radius 1 is 1.20 bits per heavy atom. The largest absolute Gasteiger partial charge is 0.279 e. The maximum Gasteiger partial charge on any atom is 0.279 e. The minimum absolute atomic E-state index is 0.204. The van der Waals surface area contributed by atoms with Gasteiger partial charge in [0.1, 0.15) is 0 Å². The Kier molecular flexibility index (Phi) is 5.02. The van der Waals surface area contributed by atoms with E-state index in [0.717, 1.165) is 25.7 Å². The predicted molar refractivity (Wildman–Crippen MR) is 57.2 cm³/mol. The van der Waals surface area contributed by atoms with Gasteiger partial charge in [-0.25, -0.2) is 4.72 Å². The van der Waals surface area contributed by atoms with Crippen LogP contribution in [0.25, 0.3) is 0 Å². The maximum absolute atomic E-state index is 11.7. The summed E-state index contributed by atoms with van der Waals surface area (Å²) in [6, 6.07) is 1.91. The Hall–Kier alpha value is -0.640. The third kappa shape index (κ3) is 4.16. The van der Waals surface area contributed by atoms with Gasteiger partial charge in [0.15, 0.2) is 0 Å². The number of nitrogens with zero attached hydrogens (tertiary/aromatic N) is 2. The molecule has 5 nitrogen and oxygen atoms in total. The quantitative estimate of drug-likeness (QED) is 0.720. The van der Waals surface area contributed by atoms with Gasteiger partial charge in [0.2, 0.25) is 0 Å². The third-order valence-electron chi connectivity index (χ3n) is 2.43. The fourth-order valence-corrected chi connectivity index (χ4v) is 2.89. The molecule has 0 spiro atoms. The lowest BCUT2D eigenvalue weighted by atomic mass is 10.2. The molecule has 86 valence electrons. The molecular weight excluding hydrogens is 214 g/mol. The van der Waals surface area contributed by atoms with Gasteiger partial charge in [0.05, 0.1) is 6.07 Å². The zero-order valence-corrected chi connectivity index (χ0v) is 9.59. The lowest BCUT2D eigenvalue weighted by Gasteiger charge is -2.19. The molecule has 6 heteroatoms. The van der Waals surface area contributed by atoms with Gasteiger partial charge in [-0.3, -0.25) is 0 Å². The van der Waals surface area contributed by atoms with E-state index < -0.39 is 10.2 Å². The van der Waals surface area contributed by atoms with Crippen LogP contribution >= 0.6 is 0 Å². The zero-order chi connectivity index (χ0) is 11.1. The predicted octanol–water partition coefficient (Wildman–Crippen LogP) is 0.610. The van der Waals surface area contributed by atoms with E-state index in [1.54, 1.807) is 0 Å². The maximum atomic E-state index is 11.7. The first-order valence-electron chi connectivity index (χ1n) is 5.28. The van der Waals surface area contributed by atoms with Gasteiger partial charge in [-0.15, -0.1) is 0 Å². The standard InChI is InChI=1S/C9H17N3O2S/c10-6-5-7-11-15(13,14)12-8-3-1-2-4-9-12/h11H,1-5,7-9H2. The van der Waals surface area contributed by atoms with E-state index in [9.17, 15) is 8.42 Å². The van der Waals surface area contributed by atoms with Crippen molar-refractivity contribution in [2.45, 2.75) is 32.1 Å². The summed E-state index contributed by atoms with van der Waals surface area (Å²) in [5.41, 5.74) is 0. The van der Waals surface area contributed by atoms with Gasteiger partial charge in [-0.2, -0.15) is 18.0 Å². The van der Waals surface area contributed by atoms with Crippen molar-refractivity contribution in [2.75, 3.05) is 19.6 Å². The average Bonchev–Trinajstić information content (AvgIpc) is 2.46. The van der Waals surface area contributed by atoms with Gasteiger partial charge in [0.25, 0.3) is 10.2 Å². The van der Waals surface area contributed by atoms with Crippen LogP contribution in [-0.4, -0.2) is 32.4 Å². The number of hydrogen-bond donors (Lipinski definition) is 1. The van der Waals surface area contributed by atoms with E-state index in [0.29, 0.717) is 13.1 Å². The van der Waals surface area contributed by atoms with E-state index in [-0.39, 0.29) is 13.0 Å². The van der Waals surface area contributed by atoms with Crippen LogP contribution in [0.4, 0.5) is 0 Å². The lowest BCUT2D eigenvalue weighted by molar-refractivity contribution is 0.415. The molecule has 0 bridgehead atoms. The summed E-state index contributed by atoms with van der Waals surface area (Å²) in [7, 11) is -3.35. The van der Waals surface area contributed by atoms with E-state index in [1.807, 2.05) is 6.07 Å². The molecule has 0 atom stereocenters. The molecule has 1 N–H and O–H groups in total. The SMILES string of the molecule is N#CCCNS(=O)(=O)N1CCCCCC1. The van der Waals surface area contributed by atoms with E-state index in [2.05, 4.69) is 4.72 Å². The highest BCUT2D eigenvalue weighted by molar-refractivity contribution is 7.87. The summed E-state index contributed by atoms with van der Waals surface area (Å²) in [4.78, 5) is 0. The Labute approximate surface area is 91.3 Å². The average molecular weight is 231 g/mol. The molecule has 0 saturated carbocycles. The number of hydrogen-bond acceptors (Lipinski definition) is 3. The summed E-state index contributed by atoms with van der Waals surface area (Å²) < 4.78 is 27.4. The van der Waals surface area contributed by atoms with Crippen molar-refractivity contribution < 1.29 is 8.42 Å². The molecule has 1 heterocycles. The lowest BCUT2D eigenvalue weighted by Crippen LogP contribution is -2.41. The molecule has 1 aliphatic heterocycles. The van der Waals surface area contributed by atoms with Crippen molar-refractivity contribution in [1.82, 2.24) is 9.03 Å². The fraction of sp³-hybridized carbons (Fsp3) is 0.889. The summed E-state index contributed by atoms with van der Waals surface area (Å²) >= 11 is 0. The molecule has 0 aromatic heterocycles. The third-order valence-corrected chi connectivity index (χ3v) is 4.04. The van der Waals surface area contributed by atoms with Crippen molar-refractivity contribution in [3.8, 4) is 6.07 Å². The second kappa shape index (κ2) is 6.05. The Morgan fingerprint density at radius 2 is 1.80 bits per heavy atom. The molecule has 0 aliphatic carbocycles. The molecule has 1 aliphatic rings. The second-order valence-corrected chi connectivity index (χ2v) is 5.38. The number of nitriles is 1. The van der Waals surface area contributed by atoms with Crippen molar-refractivity contribution in [1.29, 1.82) is 5.26 Å². The highest BCUT2D eigenvalue weighted by Gasteiger charge is 2.21. The van der Waals surface area contributed by atoms with Crippen molar-refractivity contribution in [3.05, 3.63) is 0 Å². The molecule has 1 fully saturated rings. The van der Waals surface area contributed by atoms with Crippen LogP contribution in [0.3, 0.4) is 0 Å². The normalized spacial score (nSPS) is 19.4. The highest BCUT2D eigenvalue weighted by atomic mass is 32.2. The monoisotopic (exact) mass is 231 g/mol. The fourth-order valence-electron chi connectivity index (χ4n) is 1.61. The van der Waals surface area contributed by atoms with Crippen LogP contribution in [0, 0.1) is 11.3 Å². The Morgan fingerprint density at radius 3 is 2.33 bits per heavy atom. The molecule has 0 aromatic rings. The molecule has 1 rings (SSSR count). The van der Waals surface area contributed by atoms with Crippen molar-refractivity contribution in [2.24, 2.45) is 0 Å². The van der Waals surface area contributed by atoms with Gasteiger partial charge in [-0.1, -0.05) is 12.8 Å². The van der Waals surface area contributed by atoms with Gasteiger partial charge in [0, 0.05) is 26.1 Å². The molecular formula is C9H17N3O2S. The van der Waals surface area contributed by atoms with E-state index in [4.69, 9.17) is 5.26 Å². The Balaban J connectivity index is 2.48. The number of nitrogens with one attached hydrogen (secondary N) is 1. The summed E-state index contributed by atoms with van der Waals surface area (Å²) in [5, 5.41) is 8.32. The Bertz CT molecular complexity index is 313. The van der Waals surface area contributed by atoms with Gasteiger partial charge in [-0.05, 0) is 12.8 Å². The topological polar surface area (TPSA) is 73.2 Å². The molecule has 0 amide bonds. The highest BCUT2D eigenvalue weighted by Crippen LogP contribution is 2.12. The summed E-state index contributed by atoms with van der Waals surface area (Å²) in [6.07, 6.45) is 4.28. The first kappa shape index (κ1) is 12.4. The van der Waals surface area contributed by atoms with E-state index in [1.165, 1.54) is 4.31 Å². The molecule has 0 unspecified atom stereocenters. The van der Waals surface area contributed by atoms with Gasteiger partial charge >= 0.3 is 0 Å².